The topological polar surface area (TPSA) is 69.7 Å². The lowest BCUT2D eigenvalue weighted by molar-refractivity contribution is 0.102. The van der Waals surface area contributed by atoms with E-state index in [-0.39, 0.29) is 5.56 Å². The first-order valence-electron chi connectivity index (χ1n) is 10.0. The number of carbonyl (C=O) groups excluding carboxylic acids is 1. The van der Waals surface area contributed by atoms with Crippen molar-refractivity contribution in [2.75, 3.05) is 26.6 Å². The fraction of sp³-hybridized carbons (Fsp3) is 0.120. The van der Waals surface area contributed by atoms with Gasteiger partial charge in [0.05, 0.1) is 43.8 Å². The van der Waals surface area contributed by atoms with Gasteiger partial charge in [0.15, 0.2) is 23.1 Å². The highest BCUT2D eigenvalue weighted by molar-refractivity contribution is 6.13. The maximum Gasteiger partial charge on any atom is 0.256 e. The molecule has 1 N–H and O–H groups in total. The number of rotatable bonds is 6. The molecule has 0 atom stereocenters. The van der Waals surface area contributed by atoms with Crippen molar-refractivity contribution in [2.45, 2.75) is 0 Å². The molecule has 0 radical (unpaired) electrons. The van der Waals surface area contributed by atoms with E-state index in [1.165, 1.54) is 27.4 Å². The minimum Gasteiger partial charge on any atom is -0.493 e. The molecule has 0 bridgehead atoms. The van der Waals surface area contributed by atoms with Crippen molar-refractivity contribution < 1.29 is 32.2 Å². The third-order valence-electron chi connectivity index (χ3n) is 5.18. The van der Waals surface area contributed by atoms with Gasteiger partial charge >= 0.3 is 0 Å². The number of nitrogens with zero attached hydrogens (tertiary/aromatic N) is 1. The minimum atomic E-state index is -1.35. The van der Waals surface area contributed by atoms with Gasteiger partial charge in [0.1, 0.15) is 5.82 Å². The first kappa shape index (κ1) is 22.9. The maximum atomic E-state index is 14.1. The van der Waals surface area contributed by atoms with Gasteiger partial charge in [-0.15, -0.1) is 0 Å². The van der Waals surface area contributed by atoms with E-state index in [0.29, 0.717) is 51.5 Å². The van der Waals surface area contributed by atoms with Gasteiger partial charge in [0.25, 0.3) is 5.91 Å². The Hall–Kier alpha value is -4.27. The van der Waals surface area contributed by atoms with Crippen LogP contribution in [0.5, 0.6) is 17.2 Å². The molecule has 3 aromatic carbocycles. The number of para-hydroxylation sites is 1. The molecular formula is C25H19F3N2O4. The van der Waals surface area contributed by atoms with E-state index in [9.17, 15) is 18.0 Å². The van der Waals surface area contributed by atoms with Crippen molar-refractivity contribution in [3.05, 3.63) is 77.6 Å². The highest BCUT2D eigenvalue weighted by Gasteiger charge is 2.19. The quantitative estimate of drug-likeness (QED) is 0.373. The summed E-state index contributed by atoms with van der Waals surface area (Å²) in [7, 11) is 4.43. The molecule has 1 amide bonds. The molecule has 4 rings (SSSR count). The van der Waals surface area contributed by atoms with Crippen molar-refractivity contribution in [2.24, 2.45) is 0 Å². The van der Waals surface area contributed by atoms with Gasteiger partial charge in [-0.25, -0.2) is 18.2 Å². The van der Waals surface area contributed by atoms with Gasteiger partial charge in [-0.3, -0.25) is 4.79 Å². The summed E-state index contributed by atoms with van der Waals surface area (Å²) < 4.78 is 57.2. The minimum absolute atomic E-state index is 0.151. The summed E-state index contributed by atoms with van der Waals surface area (Å²) in [6.07, 6.45) is 0. The number of ether oxygens (including phenoxy) is 3. The molecule has 6 nitrogen and oxygen atoms in total. The second-order valence-electron chi connectivity index (χ2n) is 7.19. The zero-order valence-electron chi connectivity index (χ0n) is 18.4. The van der Waals surface area contributed by atoms with Crippen LogP contribution in [0.1, 0.15) is 10.4 Å². The first-order chi connectivity index (χ1) is 16.4. The highest BCUT2D eigenvalue weighted by Crippen LogP contribution is 2.41. The average Bonchev–Trinajstić information content (AvgIpc) is 2.85. The number of halogens is 3. The van der Waals surface area contributed by atoms with E-state index < -0.39 is 29.0 Å². The van der Waals surface area contributed by atoms with Gasteiger partial charge in [0.2, 0.25) is 5.75 Å². The molecule has 9 heteroatoms. The molecule has 0 aliphatic heterocycles. The van der Waals surface area contributed by atoms with Crippen LogP contribution >= 0.6 is 0 Å². The zero-order chi connectivity index (χ0) is 24.4. The van der Waals surface area contributed by atoms with Crippen LogP contribution in [0.2, 0.25) is 0 Å². The van der Waals surface area contributed by atoms with E-state index >= 15 is 0 Å². The number of hydrogen-bond donors (Lipinski definition) is 1. The normalized spacial score (nSPS) is 10.8. The van der Waals surface area contributed by atoms with Crippen LogP contribution < -0.4 is 19.5 Å². The fourth-order valence-electron chi connectivity index (χ4n) is 3.55. The van der Waals surface area contributed by atoms with E-state index in [2.05, 4.69) is 10.3 Å². The second-order valence-corrected chi connectivity index (χ2v) is 7.19. The van der Waals surface area contributed by atoms with E-state index in [0.717, 1.165) is 0 Å². The lowest BCUT2D eigenvalue weighted by Crippen LogP contribution is -2.14. The van der Waals surface area contributed by atoms with Gasteiger partial charge in [-0.2, -0.15) is 0 Å². The van der Waals surface area contributed by atoms with Crippen LogP contribution in [-0.4, -0.2) is 32.2 Å². The molecule has 0 spiro atoms. The van der Waals surface area contributed by atoms with Crippen molar-refractivity contribution >= 4 is 22.5 Å². The van der Waals surface area contributed by atoms with E-state index in [4.69, 9.17) is 14.2 Å². The number of anilines is 1. The molecule has 1 aromatic heterocycles. The number of nitrogens with one attached hydrogen (secondary N) is 1. The van der Waals surface area contributed by atoms with Crippen molar-refractivity contribution in [3.63, 3.8) is 0 Å². The molecule has 0 saturated carbocycles. The Labute approximate surface area is 192 Å². The van der Waals surface area contributed by atoms with Crippen molar-refractivity contribution in [3.8, 4) is 28.5 Å². The van der Waals surface area contributed by atoms with Crippen molar-refractivity contribution in [1.29, 1.82) is 0 Å². The summed E-state index contributed by atoms with van der Waals surface area (Å²) in [4.78, 5) is 17.7. The molecule has 174 valence electrons. The summed E-state index contributed by atoms with van der Waals surface area (Å²) >= 11 is 0. The second kappa shape index (κ2) is 9.30. The Balaban J connectivity index is 1.85. The molecule has 0 fully saturated rings. The molecular weight excluding hydrogens is 449 g/mol. The first-order valence-corrected chi connectivity index (χ1v) is 10.0. The summed E-state index contributed by atoms with van der Waals surface area (Å²) in [5, 5.41) is 2.80. The Kier molecular flexibility index (Phi) is 6.27. The lowest BCUT2D eigenvalue weighted by atomic mass is 10.0. The Morgan fingerprint density at radius 1 is 0.824 bits per heavy atom. The molecule has 4 aromatic rings. The third-order valence-corrected chi connectivity index (χ3v) is 5.18. The summed E-state index contributed by atoms with van der Waals surface area (Å²) in [5.41, 5.74) is 1.12. The number of aromatic nitrogens is 1. The fourth-order valence-corrected chi connectivity index (χ4v) is 3.55. The summed E-state index contributed by atoms with van der Waals surface area (Å²) in [6.45, 7) is 0. The van der Waals surface area contributed by atoms with Crippen LogP contribution in [0.15, 0.2) is 54.6 Å². The predicted octanol–water partition coefficient (Wildman–Crippen LogP) is 5.60. The van der Waals surface area contributed by atoms with Crippen molar-refractivity contribution in [1.82, 2.24) is 4.98 Å². The molecule has 0 aliphatic rings. The molecule has 0 saturated heterocycles. The summed E-state index contributed by atoms with van der Waals surface area (Å²) in [5.74, 6) is -3.29. The Bertz CT molecular complexity index is 1380. The number of hydrogen-bond acceptors (Lipinski definition) is 5. The lowest BCUT2D eigenvalue weighted by Gasteiger charge is -2.15. The van der Waals surface area contributed by atoms with E-state index in [1.54, 1.807) is 36.4 Å². The van der Waals surface area contributed by atoms with Gasteiger partial charge in [0, 0.05) is 23.1 Å². The van der Waals surface area contributed by atoms with E-state index in [1.807, 2.05) is 0 Å². The molecule has 34 heavy (non-hydrogen) atoms. The number of carbonyl (C=O) groups is 1. The standard InChI is InChI=1S/C25H19F3N2O4/c1-32-22-8-13(9-23(33-2)24(22)34-3)20-10-15(14-6-4-5-7-19(14)29-20)25(31)30-21-12-17(27)16(26)11-18(21)28/h4-12H,1-3H3,(H,30,31). The van der Waals surface area contributed by atoms with Gasteiger partial charge in [-0.05, 0) is 24.3 Å². The molecule has 0 unspecified atom stereocenters. The largest absolute Gasteiger partial charge is 0.493 e. The van der Waals surface area contributed by atoms with Gasteiger partial charge in [-0.1, -0.05) is 18.2 Å². The number of pyridine rings is 1. The smallest absolute Gasteiger partial charge is 0.256 e. The molecule has 0 aliphatic carbocycles. The van der Waals surface area contributed by atoms with Crippen LogP contribution in [0.4, 0.5) is 18.9 Å². The van der Waals surface area contributed by atoms with Crippen LogP contribution in [-0.2, 0) is 0 Å². The monoisotopic (exact) mass is 468 g/mol. The Morgan fingerprint density at radius 3 is 2.12 bits per heavy atom. The Morgan fingerprint density at radius 2 is 1.47 bits per heavy atom. The van der Waals surface area contributed by atoms with Crippen LogP contribution in [0.3, 0.4) is 0 Å². The maximum absolute atomic E-state index is 14.1. The average molecular weight is 468 g/mol. The summed E-state index contributed by atoms with van der Waals surface area (Å²) in [6, 6.07) is 12.7. The SMILES string of the molecule is COc1cc(-c2cc(C(=O)Nc3cc(F)c(F)cc3F)c3ccccc3n2)cc(OC)c1OC. The number of amides is 1. The number of methoxy groups -OCH3 is 3. The molecule has 1 heterocycles. The predicted molar refractivity (Wildman–Crippen MR) is 121 cm³/mol. The third kappa shape index (κ3) is 4.19. The number of benzene rings is 3. The highest BCUT2D eigenvalue weighted by atomic mass is 19.2. The zero-order valence-corrected chi connectivity index (χ0v) is 18.4. The van der Waals surface area contributed by atoms with Crippen LogP contribution in [0.25, 0.3) is 22.2 Å². The number of fused-ring (bicyclic) bond motifs is 1. The van der Waals surface area contributed by atoms with Crippen LogP contribution in [0, 0.1) is 17.5 Å². The van der Waals surface area contributed by atoms with Gasteiger partial charge < -0.3 is 19.5 Å².